The van der Waals surface area contributed by atoms with E-state index in [0.717, 1.165) is 30.4 Å². The number of anilines is 2. The van der Waals surface area contributed by atoms with Gasteiger partial charge in [-0.2, -0.15) is 9.97 Å². The molecule has 0 amide bonds. The number of ether oxygens (including phenoxy) is 1. The van der Waals surface area contributed by atoms with Crippen molar-refractivity contribution in [3.8, 4) is 11.8 Å². The van der Waals surface area contributed by atoms with Crippen LogP contribution in [0.2, 0.25) is 0 Å². The van der Waals surface area contributed by atoms with E-state index in [1.165, 1.54) is 24.5 Å². The predicted molar refractivity (Wildman–Crippen MR) is 130 cm³/mol. The topological polar surface area (TPSA) is 138 Å². The molecule has 6 rings (SSSR count). The first-order chi connectivity index (χ1) is 16.7. The molecule has 1 aliphatic heterocycles. The zero-order valence-electron chi connectivity index (χ0n) is 19.7. The van der Waals surface area contributed by atoms with E-state index in [4.69, 9.17) is 15.5 Å². The molecule has 0 bridgehead atoms. The van der Waals surface area contributed by atoms with Crippen LogP contribution in [0.25, 0.3) is 21.9 Å². The maximum atomic E-state index is 14.5. The summed E-state index contributed by atoms with van der Waals surface area (Å²) in [7, 11) is 1.75. The van der Waals surface area contributed by atoms with Crippen LogP contribution in [0.1, 0.15) is 26.1 Å². The molecule has 0 spiro atoms. The highest BCUT2D eigenvalue weighted by Crippen LogP contribution is 2.44. The summed E-state index contributed by atoms with van der Waals surface area (Å²) >= 11 is 0. The van der Waals surface area contributed by atoms with Crippen LogP contribution >= 0.6 is 0 Å². The number of hydrogen-bond acceptors (Lipinski definition) is 9. The van der Waals surface area contributed by atoms with Gasteiger partial charge in [0.1, 0.15) is 22.9 Å². The number of fused-ring (bicyclic) bond motifs is 4. The van der Waals surface area contributed by atoms with Gasteiger partial charge in [0, 0.05) is 31.6 Å². The number of H-pyrrole nitrogens is 1. The number of aromatic nitrogens is 5. The molecule has 0 radical (unpaired) electrons. The standard InChI is InChI=1S/C24H27FN8O2/c1-24(2,34)22-28-7-13(8-29-22)35-23-31-20-18(14-5-12(25)6-17(27-3)19(14)30-20)21(32-23)33-9-11-4-16(26)15(11)10-33/h5-8,11,15-16,27,34H,4,9-10,26H2,1-3H3,(H,30,31,32)/t11?,15?,16-/m1/s1. The van der Waals surface area contributed by atoms with Crippen molar-refractivity contribution in [2.24, 2.45) is 17.6 Å². The third kappa shape index (κ3) is 3.62. The highest BCUT2D eigenvalue weighted by molar-refractivity contribution is 6.14. The monoisotopic (exact) mass is 478 g/mol. The van der Waals surface area contributed by atoms with E-state index >= 15 is 0 Å². The Morgan fingerprint density at radius 2 is 2.00 bits per heavy atom. The lowest BCUT2D eigenvalue weighted by molar-refractivity contribution is 0.0685. The van der Waals surface area contributed by atoms with Gasteiger partial charge in [0.05, 0.1) is 29.0 Å². The number of nitrogens with one attached hydrogen (secondary N) is 2. The largest absolute Gasteiger partial charge is 0.421 e. The molecular weight excluding hydrogens is 451 g/mol. The first-order valence-electron chi connectivity index (χ1n) is 11.6. The quantitative estimate of drug-likeness (QED) is 0.341. The van der Waals surface area contributed by atoms with Gasteiger partial charge in [0.25, 0.3) is 0 Å². The summed E-state index contributed by atoms with van der Waals surface area (Å²) in [6.07, 6.45) is 3.95. The maximum Gasteiger partial charge on any atom is 0.326 e. The van der Waals surface area contributed by atoms with Crippen LogP contribution in [0.5, 0.6) is 11.8 Å². The molecule has 1 aliphatic carbocycles. The van der Waals surface area contributed by atoms with Gasteiger partial charge in [0.2, 0.25) is 0 Å². The van der Waals surface area contributed by atoms with Crippen molar-refractivity contribution in [1.82, 2.24) is 24.9 Å². The lowest BCUT2D eigenvalue weighted by Crippen LogP contribution is -2.46. The van der Waals surface area contributed by atoms with Crippen molar-refractivity contribution in [1.29, 1.82) is 0 Å². The summed E-state index contributed by atoms with van der Waals surface area (Å²) in [5.74, 6) is 1.90. The molecule has 10 nitrogen and oxygen atoms in total. The first kappa shape index (κ1) is 21.9. The van der Waals surface area contributed by atoms with Crippen LogP contribution in [0.15, 0.2) is 24.5 Å². The minimum absolute atomic E-state index is 0.119. The number of rotatable bonds is 5. The Hall–Kier alpha value is -3.57. The van der Waals surface area contributed by atoms with E-state index in [0.29, 0.717) is 40.1 Å². The Bertz CT molecular complexity index is 1430. The van der Waals surface area contributed by atoms with Crippen molar-refractivity contribution in [3.63, 3.8) is 0 Å². The van der Waals surface area contributed by atoms with Crippen LogP contribution in [-0.2, 0) is 5.60 Å². The average Bonchev–Trinajstić information content (AvgIpc) is 3.35. The number of hydrogen-bond donors (Lipinski definition) is 4. The molecule has 4 heterocycles. The Kier molecular flexibility index (Phi) is 4.84. The zero-order chi connectivity index (χ0) is 24.5. The summed E-state index contributed by atoms with van der Waals surface area (Å²) in [6, 6.07) is 3.26. The average molecular weight is 479 g/mol. The SMILES string of the molecule is CNc1cc(F)cc2c1[nH]c1nc(Oc3cnc(C(C)(C)O)nc3)nc(N3CC4C[C@@H](N)C4C3)c12. The molecule has 2 aliphatic rings. The summed E-state index contributed by atoms with van der Waals surface area (Å²) in [4.78, 5) is 23.2. The fraction of sp³-hybridized carbons (Fsp3) is 0.417. The Balaban J connectivity index is 1.47. The Labute approximate surface area is 200 Å². The van der Waals surface area contributed by atoms with Gasteiger partial charge in [-0.3, -0.25) is 0 Å². The Morgan fingerprint density at radius 1 is 1.23 bits per heavy atom. The van der Waals surface area contributed by atoms with Gasteiger partial charge in [-0.15, -0.1) is 0 Å². The number of halogens is 1. The van der Waals surface area contributed by atoms with Gasteiger partial charge in [-0.1, -0.05) is 0 Å². The molecule has 11 heteroatoms. The van der Waals surface area contributed by atoms with E-state index in [2.05, 4.69) is 30.2 Å². The van der Waals surface area contributed by atoms with Crippen molar-refractivity contribution in [3.05, 3.63) is 36.2 Å². The molecule has 35 heavy (non-hydrogen) atoms. The normalized spacial score (nSPS) is 21.9. The number of benzene rings is 1. The molecule has 3 atom stereocenters. The van der Waals surface area contributed by atoms with Crippen molar-refractivity contribution < 1.29 is 14.2 Å². The van der Waals surface area contributed by atoms with Gasteiger partial charge >= 0.3 is 6.01 Å². The first-order valence-corrected chi connectivity index (χ1v) is 11.6. The van der Waals surface area contributed by atoms with Gasteiger partial charge in [-0.05, 0) is 44.2 Å². The second kappa shape index (κ2) is 7.72. The van der Waals surface area contributed by atoms with E-state index in [9.17, 15) is 9.50 Å². The molecular formula is C24H27FN8O2. The van der Waals surface area contributed by atoms with E-state index in [1.54, 1.807) is 20.9 Å². The molecule has 4 aromatic rings. The molecule has 182 valence electrons. The number of nitrogens with two attached hydrogens (primary N) is 1. The van der Waals surface area contributed by atoms with Crippen molar-refractivity contribution >= 4 is 33.4 Å². The summed E-state index contributed by atoms with van der Waals surface area (Å²) in [5.41, 5.74) is 6.99. The second-order valence-corrected chi connectivity index (χ2v) is 9.94. The van der Waals surface area contributed by atoms with Crippen molar-refractivity contribution in [2.45, 2.75) is 31.9 Å². The molecule has 2 fully saturated rings. The number of nitrogens with zero attached hydrogens (tertiary/aromatic N) is 5. The smallest absolute Gasteiger partial charge is 0.326 e. The van der Waals surface area contributed by atoms with Gasteiger partial charge in [-0.25, -0.2) is 14.4 Å². The lowest BCUT2D eigenvalue weighted by Gasteiger charge is -2.36. The van der Waals surface area contributed by atoms with Crippen LogP contribution in [0.4, 0.5) is 15.9 Å². The van der Waals surface area contributed by atoms with Crippen LogP contribution in [0, 0.1) is 17.7 Å². The molecule has 2 unspecified atom stereocenters. The molecule has 3 aromatic heterocycles. The lowest BCUT2D eigenvalue weighted by atomic mass is 9.72. The van der Waals surface area contributed by atoms with E-state index in [1.807, 2.05) is 0 Å². The van der Waals surface area contributed by atoms with E-state index in [-0.39, 0.29) is 23.7 Å². The number of aliphatic hydroxyl groups is 1. The molecule has 5 N–H and O–H groups in total. The fourth-order valence-corrected chi connectivity index (χ4v) is 5.22. The minimum atomic E-state index is -1.16. The predicted octanol–water partition coefficient (Wildman–Crippen LogP) is 2.88. The fourth-order valence-electron chi connectivity index (χ4n) is 5.22. The van der Waals surface area contributed by atoms with Crippen LogP contribution < -0.4 is 20.7 Å². The maximum absolute atomic E-state index is 14.5. The zero-order valence-corrected chi connectivity index (χ0v) is 19.7. The highest BCUT2D eigenvalue weighted by Gasteiger charge is 2.46. The molecule has 1 saturated heterocycles. The van der Waals surface area contributed by atoms with Crippen molar-refractivity contribution in [2.75, 3.05) is 30.4 Å². The second-order valence-electron chi connectivity index (χ2n) is 9.94. The number of aromatic amines is 1. The Morgan fingerprint density at radius 3 is 2.66 bits per heavy atom. The summed E-state index contributed by atoms with van der Waals surface area (Å²) in [6.45, 7) is 4.83. The third-order valence-electron chi connectivity index (χ3n) is 7.06. The van der Waals surface area contributed by atoms with Crippen LogP contribution in [0.3, 0.4) is 0 Å². The summed E-state index contributed by atoms with van der Waals surface area (Å²) < 4.78 is 20.4. The van der Waals surface area contributed by atoms with Gasteiger partial charge < -0.3 is 30.8 Å². The van der Waals surface area contributed by atoms with E-state index < -0.39 is 5.60 Å². The summed E-state index contributed by atoms with van der Waals surface area (Å²) in [5, 5.41) is 14.6. The minimum Gasteiger partial charge on any atom is -0.421 e. The third-order valence-corrected chi connectivity index (χ3v) is 7.06. The highest BCUT2D eigenvalue weighted by atomic mass is 19.1. The molecule has 1 aromatic carbocycles. The van der Waals surface area contributed by atoms with Crippen LogP contribution in [-0.4, -0.2) is 56.2 Å². The molecule has 1 saturated carbocycles. The van der Waals surface area contributed by atoms with Gasteiger partial charge in [0.15, 0.2) is 11.6 Å².